The summed E-state index contributed by atoms with van der Waals surface area (Å²) in [6.45, 7) is 6.13. The lowest BCUT2D eigenvalue weighted by Crippen LogP contribution is -2.24. The molecule has 0 saturated heterocycles. The molecule has 0 bridgehead atoms. The van der Waals surface area contributed by atoms with E-state index < -0.39 is 5.25 Å². The number of hydrogen-bond donors (Lipinski definition) is 2. The number of thioether (sulfide) groups is 1. The Morgan fingerprint density at radius 3 is 3.00 bits per heavy atom. The van der Waals surface area contributed by atoms with Crippen molar-refractivity contribution in [3.63, 3.8) is 0 Å². The molecule has 9 heteroatoms. The van der Waals surface area contributed by atoms with E-state index in [1.54, 1.807) is 24.5 Å². The lowest BCUT2D eigenvalue weighted by atomic mass is 10.3. The Bertz CT molecular complexity index is 690. The molecule has 120 valence electrons. The number of aryl methyl sites for hydroxylation is 1. The average Bonchev–Trinajstić information content (AvgIpc) is 3.03. The topological polar surface area (TPSA) is 106 Å². The van der Waals surface area contributed by atoms with Gasteiger partial charge in [0, 0.05) is 12.6 Å². The molecule has 0 radical (unpaired) electrons. The molecular weight excluding hydrogens is 306 g/mol. The maximum absolute atomic E-state index is 12.1. The number of hydrogen-bond acceptors (Lipinski definition) is 6. The third-order valence-corrected chi connectivity index (χ3v) is 4.08. The van der Waals surface area contributed by atoms with Crippen molar-refractivity contribution in [2.24, 2.45) is 0 Å². The molecule has 2 aromatic heterocycles. The Kier molecular flexibility index (Phi) is 5.42. The van der Waals surface area contributed by atoms with Gasteiger partial charge in [-0.05, 0) is 20.3 Å². The first-order valence-electron chi connectivity index (χ1n) is 7.07. The second-order valence-corrected chi connectivity index (χ2v) is 6.20. The van der Waals surface area contributed by atoms with Crippen molar-refractivity contribution in [2.75, 3.05) is 5.32 Å². The minimum atomic E-state index is -0.424. The standard InChI is InChI=1S/C13H19N5O3S/c1-4-5-6-18-12(20)15-16-13(18)22-9(3)11(19)14-10-7-8(2)21-17-10/h7,9H,4-6H2,1-3H3,(H,15,20)(H,14,17,19). The molecule has 0 aliphatic carbocycles. The Morgan fingerprint density at radius 1 is 1.59 bits per heavy atom. The number of nitrogens with zero attached hydrogens (tertiary/aromatic N) is 3. The molecule has 22 heavy (non-hydrogen) atoms. The summed E-state index contributed by atoms with van der Waals surface area (Å²) in [4.78, 5) is 23.8. The molecule has 0 aliphatic rings. The van der Waals surface area contributed by atoms with Crippen molar-refractivity contribution >= 4 is 23.5 Å². The maximum Gasteiger partial charge on any atom is 0.343 e. The number of amides is 1. The van der Waals surface area contributed by atoms with Crippen LogP contribution in [-0.2, 0) is 11.3 Å². The lowest BCUT2D eigenvalue weighted by Gasteiger charge is -2.10. The van der Waals surface area contributed by atoms with Crippen LogP contribution in [0.5, 0.6) is 0 Å². The summed E-state index contributed by atoms with van der Waals surface area (Å²) in [6.07, 6.45) is 1.86. The third kappa shape index (κ3) is 4.00. The monoisotopic (exact) mass is 325 g/mol. The summed E-state index contributed by atoms with van der Waals surface area (Å²) in [5.41, 5.74) is -0.254. The van der Waals surface area contributed by atoms with Crippen molar-refractivity contribution in [2.45, 2.75) is 50.6 Å². The van der Waals surface area contributed by atoms with Crippen LogP contribution < -0.4 is 11.0 Å². The molecule has 2 aromatic rings. The highest BCUT2D eigenvalue weighted by Gasteiger charge is 2.19. The number of rotatable bonds is 7. The van der Waals surface area contributed by atoms with E-state index in [1.165, 1.54) is 11.8 Å². The van der Waals surface area contributed by atoms with E-state index in [9.17, 15) is 9.59 Å². The van der Waals surface area contributed by atoms with Gasteiger partial charge in [-0.3, -0.25) is 9.36 Å². The quantitative estimate of drug-likeness (QED) is 0.752. The van der Waals surface area contributed by atoms with E-state index >= 15 is 0 Å². The normalized spacial score (nSPS) is 12.3. The predicted octanol–water partition coefficient (Wildman–Crippen LogP) is 1.79. The molecule has 0 aliphatic heterocycles. The van der Waals surface area contributed by atoms with Crippen LogP contribution >= 0.6 is 11.8 Å². The van der Waals surface area contributed by atoms with Gasteiger partial charge in [0.2, 0.25) is 5.91 Å². The van der Waals surface area contributed by atoms with Gasteiger partial charge in [0.1, 0.15) is 5.76 Å². The van der Waals surface area contributed by atoms with Crippen molar-refractivity contribution < 1.29 is 9.32 Å². The molecule has 1 atom stereocenters. The van der Waals surface area contributed by atoms with Crippen LogP contribution in [0.2, 0.25) is 0 Å². The minimum absolute atomic E-state index is 0.226. The van der Waals surface area contributed by atoms with Crippen molar-refractivity contribution in [1.29, 1.82) is 0 Å². The van der Waals surface area contributed by atoms with Gasteiger partial charge in [-0.2, -0.15) is 0 Å². The second kappa shape index (κ2) is 7.30. The second-order valence-electron chi connectivity index (χ2n) is 4.89. The molecule has 1 unspecified atom stereocenters. The number of carbonyl (C=O) groups excluding carboxylic acids is 1. The molecule has 0 spiro atoms. The number of aromatic amines is 1. The zero-order chi connectivity index (χ0) is 16.1. The molecule has 2 N–H and O–H groups in total. The molecule has 0 aromatic carbocycles. The Morgan fingerprint density at radius 2 is 2.36 bits per heavy atom. The number of aromatic nitrogens is 4. The summed E-state index contributed by atoms with van der Waals surface area (Å²) in [6, 6.07) is 1.64. The van der Waals surface area contributed by atoms with Gasteiger partial charge in [-0.15, -0.1) is 5.10 Å². The van der Waals surface area contributed by atoms with Crippen LogP contribution in [-0.4, -0.2) is 31.1 Å². The van der Waals surface area contributed by atoms with E-state index in [1.807, 2.05) is 6.92 Å². The average molecular weight is 325 g/mol. The largest absolute Gasteiger partial charge is 0.360 e. The Labute approximate surface area is 131 Å². The number of anilines is 1. The molecule has 2 rings (SSSR count). The van der Waals surface area contributed by atoms with Crippen molar-refractivity contribution in [1.82, 2.24) is 19.9 Å². The molecule has 1 amide bonds. The zero-order valence-corrected chi connectivity index (χ0v) is 13.6. The molecular formula is C13H19N5O3S. The number of carbonyl (C=O) groups is 1. The molecule has 2 heterocycles. The number of nitrogens with one attached hydrogen (secondary N) is 2. The number of unbranched alkanes of at least 4 members (excludes halogenated alkanes) is 1. The van der Waals surface area contributed by atoms with E-state index in [2.05, 4.69) is 20.7 Å². The highest BCUT2D eigenvalue weighted by atomic mass is 32.2. The van der Waals surface area contributed by atoms with Gasteiger partial charge in [-0.1, -0.05) is 30.3 Å². The van der Waals surface area contributed by atoms with Gasteiger partial charge in [0.25, 0.3) is 0 Å². The summed E-state index contributed by atoms with van der Waals surface area (Å²) in [5, 5.41) is 12.9. The summed E-state index contributed by atoms with van der Waals surface area (Å²) < 4.78 is 6.45. The van der Waals surface area contributed by atoms with Crippen molar-refractivity contribution in [3.8, 4) is 0 Å². The predicted molar refractivity (Wildman–Crippen MR) is 82.9 cm³/mol. The van der Waals surface area contributed by atoms with E-state index in [4.69, 9.17) is 4.52 Å². The van der Waals surface area contributed by atoms with E-state index in [0.717, 1.165) is 12.8 Å². The summed E-state index contributed by atoms with van der Waals surface area (Å²) >= 11 is 1.23. The van der Waals surface area contributed by atoms with Gasteiger partial charge in [-0.25, -0.2) is 9.89 Å². The fourth-order valence-corrected chi connectivity index (χ4v) is 2.65. The Hall–Kier alpha value is -2.03. The first-order valence-corrected chi connectivity index (χ1v) is 7.95. The Balaban J connectivity index is 2.00. The fraction of sp³-hybridized carbons (Fsp3) is 0.538. The highest BCUT2D eigenvalue weighted by molar-refractivity contribution is 8.00. The van der Waals surface area contributed by atoms with E-state index in [0.29, 0.717) is 23.3 Å². The molecule has 0 saturated carbocycles. The van der Waals surface area contributed by atoms with Crippen LogP contribution in [0.15, 0.2) is 20.5 Å². The third-order valence-electron chi connectivity index (χ3n) is 2.99. The van der Waals surface area contributed by atoms with Crippen LogP contribution in [0.25, 0.3) is 0 Å². The summed E-state index contributed by atoms with van der Waals surface area (Å²) in [7, 11) is 0. The SMILES string of the molecule is CCCCn1c(SC(C)C(=O)Nc2cc(C)on2)n[nH]c1=O. The van der Waals surface area contributed by atoms with Gasteiger partial charge in [0.15, 0.2) is 11.0 Å². The first-order chi connectivity index (χ1) is 10.5. The molecule has 0 fully saturated rings. The highest BCUT2D eigenvalue weighted by Crippen LogP contribution is 2.21. The summed E-state index contributed by atoms with van der Waals surface area (Å²) in [5.74, 6) is 0.771. The van der Waals surface area contributed by atoms with Crippen LogP contribution in [0.4, 0.5) is 5.82 Å². The van der Waals surface area contributed by atoms with Gasteiger partial charge in [0.05, 0.1) is 5.25 Å². The van der Waals surface area contributed by atoms with Crippen LogP contribution in [0.3, 0.4) is 0 Å². The van der Waals surface area contributed by atoms with Gasteiger partial charge >= 0.3 is 5.69 Å². The van der Waals surface area contributed by atoms with Crippen LogP contribution in [0, 0.1) is 6.92 Å². The maximum atomic E-state index is 12.1. The lowest BCUT2D eigenvalue weighted by molar-refractivity contribution is -0.115. The van der Waals surface area contributed by atoms with Crippen molar-refractivity contribution in [3.05, 3.63) is 22.3 Å². The van der Waals surface area contributed by atoms with E-state index in [-0.39, 0.29) is 11.6 Å². The number of H-pyrrole nitrogens is 1. The minimum Gasteiger partial charge on any atom is -0.360 e. The molecule has 8 nitrogen and oxygen atoms in total. The smallest absolute Gasteiger partial charge is 0.343 e. The van der Waals surface area contributed by atoms with Crippen LogP contribution in [0.1, 0.15) is 32.4 Å². The van der Waals surface area contributed by atoms with Gasteiger partial charge < -0.3 is 9.84 Å². The zero-order valence-electron chi connectivity index (χ0n) is 12.8. The fourth-order valence-electron chi connectivity index (χ4n) is 1.77. The first kappa shape index (κ1) is 16.3.